The van der Waals surface area contributed by atoms with Gasteiger partial charge in [0, 0.05) is 25.6 Å². The van der Waals surface area contributed by atoms with Crippen LogP contribution in [-0.4, -0.2) is 49.5 Å². The predicted octanol–water partition coefficient (Wildman–Crippen LogP) is 1.44. The SMILES string of the molecule is CNCC(C)C(=O)N(C)C(C)CCSC. The van der Waals surface area contributed by atoms with E-state index < -0.39 is 0 Å². The van der Waals surface area contributed by atoms with Gasteiger partial charge in [0.05, 0.1) is 0 Å². The lowest BCUT2D eigenvalue weighted by atomic mass is 10.1. The van der Waals surface area contributed by atoms with Crippen LogP contribution in [-0.2, 0) is 4.79 Å². The van der Waals surface area contributed by atoms with Crippen molar-refractivity contribution in [1.29, 1.82) is 0 Å². The van der Waals surface area contributed by atoms with Crippen molar-refractivity contribution in [2.24, 2.45) is 5.92 Å². The average Bonchev–Trinajstić information content (AvgIpc) is 2.24. The Morgan fingerprint density at radius 2 is 2.07 bits per heavy atom. The van der Waals surface area contributed by atoms with Crippen molar-refractivity contribution in [2.45, 2.75) is 26.3 Å². The minimum atomic E-state index is 0.0664. The molecule has 0 radical (unpaired) electrons. The zero-order valence-corrected chi connectivity index (χ0v) is 11.4. The number of hydrogen-bond acceptors (Lipinski definition) is 3. The molecule has 90 valence electrons. The maximum Gasteiger partial charge on any atom is 0.226 e. The van der Waals surface area contributed by atoms with Crippen LogP contribution in [0.4, 0.5) is 0 Å². The molecule has 2 atom stereocenters. The van der Waals surface area contributed by atoms with Gasteiger partial charge in [-0.25, -0.2) is 0 Å². The Morgan fingerprint density at radius 3 is 2.53 bits per heavy atom. The molecule has 0 aromatic carbocycles. The molecule has 0 aromatic rings. The summed E-state index contributed by atoms with van der Waals surface area (Å²) in [6.07, 6.45) is 3.16. The van der Waals surface area contributed by atoms with Gasteiger partial charge in [0.15, 0.2) is 0 Å². The minimum Gasteiger partial charge on any atom is -0.343 e. The van der Waals surface area contributed by atoms with Gasteiger partial charge < -0.3 is 10.2 Å². The standard InChI is InChI=1S/C11H24N2OS/c1-9(8-12-3)11(14)13(4)10(2)6-7-15-5/h9-10,12H,6-8H2,1-5H3. The van der Waals surface area contributed by atoms with E-state index in [4.69, 9.17) is 0 Å². The predicted molar refractivity (Wildman–Crippen MR) is 68.3 cm³/mol. The number of amides is 1. The summed E-state index contributed by atoms with van der Waals surface area (Å²) in [6.45, 7) is 4.83. The van der Waals surface area contributed by atoms with Crippen LogP contribution >= 0.6 is 11.8 Å². The molecule has 0 fully saturated rings. The number of hydrogen-bond donors (Lipinski definition) is 1. The Morgan fingerprint density at radius 1 is 1.47 bits per heavy atom. The molecule has 0 aromatic heterocycles. The van der Waals surface area contributed by atoms with Gasteiger partial charge in [0.2, 0.25) is 5.91 Å². The first-order valence-corrected chi connectivity index (χ1v) is 6.84. The number of carbonyl (C=O) groups excluding carboxylic acids is 1. The highest BCUT2D eigenvalue weighted by atomic mass is 32.2. The average molecular weight is 232 g/mol. The van der Waals surface area contributed by atoms with Crippen LogP contribution in [0.2, 0.25) is 0 Å². The smallest absolute Gasteiger partial charge is 0.226 e. The molecule has 2 unspecified atom stereocenters. The van der Waals surface area contributed by atoms with Crippen LogP contribution in [0.15, 0.2) is 0 Å². The second-order valence-corrected chi connectivity index (χ2v) is 5.02. The normalized spacial score (nSPS) is 14.7. The Bertz CT molecular complexity index is 187. The number of thioether (sulfide) groups is 1. The molecule has 4 heteroatoms. The molecule has 1 amide bonds. The van der Waals surface area contributed by atoms with Crippen molar-refractivity contribution in [1.82, 2.24) is 10.2 Å². The largest absolute Gasteiger partial charge is 0.343 e. The van der Waals surface area contributed by atoms with E-state index in [0.717, 1.165) is 18.7 Å². The van der Waals surface area contributed by atoms with E-state index in [2.05, 4.69) is 18.5 Å². The maximum absolute atomic E-state index is 11.9. The van der Waals surface area contributed by atoms with Crippen LogP contribution in [0, 0.1) is 5.92 Å². The fourth-order valence-electron chi connectivity index (χ4n) is 1.44. The molecule has 0 heterocycles. The summed E-state index contributed by atoms with van der Waals surface area (Å²) in [7, 11) is 3.78. The van der Waals surface area contributed by atoms with Gasteiger partial charge in [-0.2, -0.15) is 11.8 Å². The molecule has 3 nitrogen and oxygen atoms in total. The molecule has 0 saturated heterocycles. The molecule has 15 heavy (non-hydrogen) atoms. The van der Waals surface area contributed by atoms with Crippen molar-refractivity contribution in [3.63, 3.8) is 0 Å². The van der Waals surface area contributed by atoms with Gasteiger partial charge in [-0.1, -0.05) is 6.92 Å². The maximum atomic E-state index is 11.9. The lowest BCUT2D eigenvalue weighted by molar-refractivity contribution is -0.135. The topological polar surface area (TPSA) is 32.3 Å². The third-order valence-electron chi connectivity index (χ3n) is 2.68. The summed E-state index contributed by atoms with van der Waals surface area (Å²) < 4.78 is 0. The molecule has 0 aliphatic heterocycles. The van der Waals surface area contributed by atoms with E-state index in [0.29, 0.717) is 6.04 Å². The van der Waals surface area contributed by atoms with Crippen molar-refractivity contribution in [3.8, 4) is 0 Å². The number of nitrogens with zero attached hydrogens (tertiary/aromatic N) is 1. The van der Waals surface area contributed by atoms with Crippen LogP contribution in [0.5, 0.6) is 0 Å². The molecule has 0 aliphatic carbocycles. The van der Waals surface area contributed by atoms with E-state index in [9.17, 15) is 4.79 Å². The van der Waals surface area contributed by atoms with Crippen molar-refractivity contribution in [2.75, 3.05) is 32.6 Å². The second kappa shape index (κ2) is 7.99. The first-order chi connectivity index (χ1) is 7.04. The zero-order valence-electron chi connectivity index (χ0n) is 10.5. The highest BCUT2D eigenvalue weighted by Crippen LogP contribution is 2.09. The fourth-order valence-corrected chi connectivity index (χ4v) is 2.02. The molecular weight excluding hydrogens is 208 g/mol. The molecule has 0 rings (SSSR count). The highest BCUT2D eigenvalue weighted by Gasteiger charge is 2.20. The first kappa shape index (κ1) is 14.8. The third-order valence-corrected chi connectivity index (χ3v) is 3.32. The van der Waals surface area contributed by atoms with E-state index in [-0.39, 0.29) is 11.8 Å². The summed E-state index contributed by atoms with van der Waals surface area (Å²) in [5, 5.41) is 3.03. The van der Waals surface area contributed by atoms with Gasteiger partial charge in [-0.15, -0.1) is 0 Å². The lowest BCUT2D eigenvalue weighted by Gasteiger charge is -2.27. The van der Waals surface area contributed by atoms with Crippen molar-refractivity contribution < 1.29 is 4.79 Å². The van der Waals surface area contributed by atoms with Gasteiger partial charge in [-0.3, -0.25) is 4.79 Å². The van der Waals surface area contributed by atoms with Crippen LogP contribution in [0.1, 0.15) is 20.3 Å². The quantitative estimate of drug-likeness (QED) is 0.721. The molecule has 1 N–H and O–H groups in total. The Hall–Kier alpha value is -0.220. The zero-order chi connectivity index (χ0) is 11.8. The summed E-state index contributed by atoms with van der Waals surface area (Å²) >= 11 is 1.83. The van der Waals surface area contributed by atoms with E-state index in [1.54, 1.807) is 0 Å². The highest BCUT2D eigenvalue weighted by molar-refractivity contribution is 7.98. The van der Waals surface area contributed by atoms with Gasteiger partial charge in [0.1, 0.15) is 0 Å². The molecule has 0 spiro atoms. The van der Waals surface area contributed by atoms with E-state index in [1.165, 1.54) is 0 Å². The number of rotatable bonds is 7. The Kier molecular flexibility index (Phi) is 7.88. The van der Waals surface area contributed by atoms with Gasteiger partial charge in [0.25, 0.3) is 0 Å². The third kappa shape index (κ3) is 5.42. The van der Waals surface area contributed by atoms with E-state index in [1.807, 2.05) is 37.7 Å². The lowest BCUT2D eigenvalue weighted by Crippen LogP contribution is -2.41. The first-order valence-electron chi connectivity index (χ1n) is 5.44. The summed E-state index contributed by atoms with van der Waals surface area (Å²) in [5.74, 6) is 1.41. The number of nitrogens with one attached hydrogen (secondary N) is 1. The second-order valence-electron chi connectivity index (χ2n) is 4.04. The van der Waals surface area contributed by atoms with Crippen LogP contribution in [0.25, 0.3) is 0 Å². The molecule has 0 aliphatic rings. The van der Waals surface area contributed by atoms with E-state index >= 15 is 0 Å². The summed E-state index contributed by atoms with van der Waals surface area (Å²) in [4.78, 5) is 13.8. The summed E-state index contributed by atoms with van der Waals surface area (Å²) in [5.41, 5.74) is 0. The minimum absolute atomic E-state index is 0.0664. The Balaban J connectivity index is 4.05. The summed E-state index contributed by atoms with van der Waals surface area (Å²) in [6, 6.07) is 0.337. The van der Waals surface area contributed by atoms with Gasteiger partial charge >= 0.3 is 0 Å². The van der Waals surface area contributed by atoms with Crippen molar-refractivity contribution >= 4 is 17.7 Å². The fraction of sp³-hybridized carbons (Fsp3) is 0.909. The van der Waals surface area contributed by atoms with Crippen molar-refractivity contribution in [3.05, 3.63) is 0 Å². The van der Waals surface area contributed by atoms with Crippen LogP contribution < -0.4 is 5.32 Å². The van der Waals surface area contributed by atoms with Gasteiger partial charge in [-0.05, 0) is 32.4 Å². The molecule has 0 bridgehead atoms. The monoisotopic (exact) mass is 232 g/mol. The Labute approximate surface area is 98.0 Å². The number of carbonyl (C=O) groups is 1. The molecule has 0 saturated carbocycles. The molecular formula is C11H24N2OS. The van der Waals surface area contributed by atoms with Crippen LogP contribution in [0.3, 0.4) is 0 Å².